The Hall–Kier alpha value is -5.06. The SMILES string of the molecule is CC1C(O)[C@H](OC2C(C)[C@@H](C)[C@H](C)O[C@H]2OC2C(C)[C@@H](C)[C@H](C)O[C@H]2OCCCCCN(Cc2ccccc2)C(=O)OCc2ccccc2)O[C@@H](C)[C@@H]1C.CC1C(O)[C@H](OC2C(C)[C@@H](C)[C@H](C)O[C@H]2OCCCCCN(Cc2ccccc2)C(=O)OCc2ccccc2)O[C@@H](C)[C@@H]1C. The summed E-state index contributed by atoms with van der Waals surface area (Å²) >= 11 is 0. The average Bonchev–Trinajstić information content (AvgIpc) is 0.787. The van der Waals surface area contributed by atoms with Gasteiger partial charge in [0, 0.05) is 39.4 Å². The number of ether oxygens (including phenoxy) is 12. The maximum Gasteiger partial charge on any atom is 0.410 e. The molecule has 0 spiro atoms. The summed E-state index contributed by atoms with van der Waals surface area (Å²) in [6.07, 6.45) is -1.68. The quantitative estimate of drug-likeness (QED) is 0.0510. The average molecular weight is 1370 g/mol. The first-order valence-corrected chi connectivity index (χ1v) is 36.8. The largest absolute Gasteiger partial charge is 0.445 e. The second-order valence-electron chi connectivity index (χ2n) is 29.2. The molecular weight excluding hydrogens is 1240 g/mol. The topological polar surface area (TPSA) is 192 Å². The van der Waals surface area contributed by atoms with Gasteiger partial charge in [-0.2, -0.15) is 0 Å². The number of rotatable bonds is 28. The molecule has 18 nitrogen and oxygen atoms in total. The Balaban J connectivity index is 0.000000255. The van der Waals surface area contributed by atoms with Gasteiger partial charge in [0.05, 0.1) is 30.5 Å². The molecule has 25 atom stereocenters. The minimum absolute atomic E-state index is 0.00812. The number of amides is 2. The zero-order chi connectivity index (χ0) is 70.6. The van der Waals surface area contributed by atoms with Crippen LogP contribution in [0.5, 0.6) is 0 Å². The molecule has 2 N–H and O–H groups in total. The van der Waals surface area contributed by atoms with Crippen molar-refractivity contribution in [2.75, 3.05) is 26.3 Å². The number of nitrogens with zero attached hydrogens (tertiary/aromatic N) is 2. The van der Waals surface area contributed by atoms with Gasteiger partial charge in [-0.05, 0) is 155 Å². The van der Waals surface area contributed by atoms with Crippen LogP contribution in [-0.2, 0) is 83.1 Å². The van der Waals surface area contributed by atoms with Crippen molar-refractivity contribution in [3.05, 3.63) is 144 Å². The monoisotopic (exact) mass is 1360 g/mol. The van der Waals surface area contributed by atoms with Gasteiger partial charge >= 0.3 is 12.2 Å². The van der Waals surface area contributed by atoms with Crippen molar-refractivity contribution >= 4 is 12.2 Å². The smallest absolute Gasteiger partial charge is 0.410 e. The number of aliphatic hydroxyl groups is 2. The van der Waals surface area contributed by atoms with Gasteiger partial charge in [-0.15, -0.1) is 0 Å². The van der Waals surface area contributed by atoms with Crippen LogP contribution in [0.2, 0.25) is 0 Å². The van der Waals surface area contributed by atoms with Gasteiger partial charge in [0.1, 0.15) is 43.7 Å². The van der Waals surface area contributed by atoms with Gasteiger partial charge < -0.3 is 76.9 Å². The van der Waals surface area contributed by atoms with Crippen molar-refractivity contribution < 1.29 is 76.6 Å². The van der Waals surface area contributed by atoms with E-state index in [-0.39, 0.29) is 121 Å². The summed E-state index contributed by atoms with van der Waals surface area (Å²) in [7, 11) is 0. The molecule has 2 amide bonds. The van der Waals surface area contributed by atoms with Gasteiger partial charge in [0.2, 0.25) is 0 Å². The Morgan fingerprint density at radius 2 is 0.612 bits per heavy atom. The summed E-state index contributed by atoms with van der Waals surface area (Å²) in [5, 5.41) is 22.1. The maximum atomic E-state index is 13.2. The number of hydrogen-bond acceptors (Lipinski definition) is 16. The van der Waals surface area contributed by atoms with Crippen LogP contribution < -0.4 is 0 Å². The normalized spacial score (nSPS) is 34.9. The lowest BCUT2D eigenvalue weighted by Gasteiger charge is -2.50. The van der Waals surface area contributed by atoms with Crippen molar-refractivity contribution in [2.45, 2.75) is 261 Å². The summed E-state index contributed by atoms with van der Waals surface area (Å²) < 4.78 is 75.7. The van der Waals surface area contributed by atoms with E-state index in [1.807, 2.05) is 142 Å². The highest BCUT2D eigenvalue weighted by molar-refractivity contribution is 5.68. The molecule has 5 aliphatic rings. The van der Waals surface area contributed by atoms with E-state index < -0.39 is 55.9 Å². The molecule has 0 radical (unpaired) electrons. The third-order valence-corrected chi connectivity index (χ3v) is 22.5. The summed E-state index contributed by atoms with van der Waals surface area (Å²) in [4.78, 5) is 29.8. The van der Waals surface area contributed by atoms with E-state index in [1.165, 1.54) is 0 Å². The third kappa shape index (κ3) is 22.0. The molecule has 5 heterocycles. The molecule has 4 aromatic carbocycles. The van der Waals surface area contributed by atoms with Crippen LogP contribution in [0.3, 0.4) is 0 Å². The van der Waals surface area contributed by atoms with E-state index in [2.05, 4.69) is 83.1 Å². The number of unbranched alkanes of at least 4 members (excludes halogenated alkanes) is 4. The second kappa shape index (κ2) is 38.8. The fourth-order valence-corrected chi connectivity index (χ4v) is 13.9. The van der Waals surface area contributed by atoms with Gasteiger partial charge in [-0.3, -0.25) is 0 Å². The number of benzene rings is 4. The molecule has 18 heteroatoms. The van der Waals surface area contributed by atoms with Crippen molar-refractivity contribution in [3.63, 3.8) is 0 Å². The molecule has 546 valence electrons. The molecule has 98 heavy (non-hydrogen) atoms. The summed E-state index contributed by atoms with van der Waals surface area (Å²) in [6.45, 7) is 35.3. The summed E-state index contributed by atoms with van der Waals surface area (Å²) in [5.74, 6) is 1.64. The van der Waals surface area contributed by atoms with Crippen molar-refractivity contribution in [3.8, 4) is 0 Å². The summed E-state index contributed by atoms with van der Waals surface area (Å²) in [6, 6.07) is 39.5. The van der Waals surface area contributed by atoms with Crippen LogP contribution in [0.25, 0.3) is 0 Å². The predicted molar refractivity (Wildman–Crippen MR) is 377 cm³/mol. The molecule has 5 saturated heterocycles. The molecule has 5 fully saturated rings. The van der Waals surface area contributed by atoms with Gasteiger partial charge in [0.25, 0.3) is 0 Å². The van der Waals surface area contributed by atoms with E-state index in [4.69, 9.17) is 56.8 Å². The number of aliphatic hydroxyl groups excluding tert-OH is 2. The van der Waals surface area contributed by atoms with E-state index in [9.17, 15) is 19.8 Å². The zero-order valence-corrected chi connectivity index (χ0v) is 61.4. The Labute approximate surface area is 586 Å². The maximum absolute atomic E-state index is 13.2. The minimum Gasteiger partial charge on any atom is -0.445 e. The van der Waals surface area contributed by atoms with Gasteiger partial charge in [-0.1, -0.05) is 191 Å². The van der Waals surface area contributed by atoms with Crippen LogP contribution in [-0.4, -0.2) is 151 Å². The second-order valence-corrected chi connectivity index (χ2v) is 29.2. The van der Waals surface area contributed by atoms with E-state index >= 15 is 0 Å². The lowest BCUT2D eigenvalue weighted by molar-refractivity contribution is -0.371. The fraction of sp³-hybridized carbons (Fsp3) is 0.675. The van der Waals surface area contributed by atoms with E-state index in [0.717, 1.165) is 60.8 Å². The first-order valence-electron chi connectivity index (χ1n) is 36.8. The summed E-state index contributed by atoms with van der Waals surface area (Å²) in [5.41, 5.74) is 4.05. The van der Waals surface area contributed by atoms with Crippen LogP contribution in [0.1, 0.15) is 165 Å². The molecular formula is C80H120N2O16. The van der Waals surface area contributed by atoms with Gasteiger partial charge in [0.15, 0.2) is 31.5 Å². The van der Waals surface area contributed by atoms with E-state index in [0.29, 0.717) is 39.4 Å². The van der Waals surface area contributed by atoms with Crippen LogP contribution in [0, 0.1) is 59.2 Å². The van der Waals surface area contributed by atoms with Crippen LogP contribution >= 0.6 is 0 Å². The first kappa shape index (κ1) is 78.7. The Morgan fingerprint density at radius 1 is 0.337 bits per heavy atom. The molecule has 9 rings (SSSR count). The van der Waals surface area contributed by atoms with Crippen molar-refractivity contribution in [1.82, 2.24) is 9.80 Å². The Bertz CT molecular complexity index is 2900. The van der Waals surface area contributed by atoms with Crippen LogP contribution in [0.4, 0.5) is 9.59 Å². The molecule has 0 saturated carbocycles. The molecule has 0 bridgehead atoms. The van der Waals surface area contributed by atoms with Crippen molar-refractivity contribution in [1.29, 1.82) is 0 Å². The lowest BCUT2D eigenvalue weighted by Crippen LogP contribution is -2.59. The standard InChI is InChI=1S/C44H67NO9.C36H53NO7/c1-27-30(4)38(46)41(50-33(27)7)53-40-32(6)29(3)35(9)52-43(40)54-39-31(5)28(2)34(8)51-42(39)48-24-18-12-17-23-45(25-36-19-13-10-14-20-36)44(47)49-26-37-21-15-11-16-22-37;1-24-26(3)32(38)34(42-28(24)5)44-33-27(4)25(2)29(6)43-35(33)40-21-15-9-14-20-37(22-30-16-10-7-11-17-30)36(39)41-23-31-18-12-8-13-19-31/h10-11,13-16,19-22,27-35,38-43,46H,12,17-18,23-26H2,1-9H3;7-8,10-13,16-19,24-29,32-35,38H,9,14-15,20-23H2,1-6H3/t27-,28-,29-,30?,31?,32?,33+,34+,35+,38?,39?,40?,41+,42-,43+;24-,25-,26?,27?,28+,29+,32?,33?,34+,35-/m11/s1. The zero-order valence-electron chi connectivity index (χ0n) is 61.4. The molecule has 4 aromatic rings. The van der Waals surface area contributed by atoms with Crippen molar-refractivity contribution in [2.24, 2.45) is 59.2 Å². The van der Waals surface area contributed by atoms with E-state index in [1.54, 1.807) is 9.80 Å². The molecule has 5 aliphatic heterocycles. The fourth-order valence-electron chi connectivity index (χ4n) is 13.9. The predicted octanol–water partition coefficient (Wildman–Crippen LogP) is 15.0. The number of carbonyl (C=O) groups excluding carboxylic acids is 2. The third-order valence-electron chi connectivity index (χ3n) is 22.5. The molecule has 10 unspecified atom stereocenters. The lowest BCUT2D eigenvalue weighted by atomic mass is 9.82. The Morgan fingerprint density at radius 3 is 0.949 bits per heavy atom. The van der Waals surface area contributed by atoms with Crippen LogP contribution in [0.15, 0.2) is 121 Å². The minimum atomic E-state index is -0.769. The highest BCUT2D eigenvalue weighted by Crippen LogP contribution is 2.42. The van der Waals surface area contributed by atoms with Gasteiger partial charge in [-0.25, -0.2) is 9.59 Å². The molecule has 0 aliphatic carbocycles. The highest BCUT2D eigenvalue weighted by Gasteiger charge is 2.51. The highest BCUT2D eigenvalue weighted by atomic mass is 16.8. The Kier molecular flexibility index (Phi) is 31.2. The number of hydrogen-bond donors (Lipinski definition) is 2. The first-order chi connectivity index (χ1) is 47.0. The molecule has 0 aromatic heterocycles. The number of carbonyl (C=O) groups is 2.